The average Bonchev–Trinajstić information content (AvgIpc) is 2.18. The summed E-state index contributed by atoms with van der Waals surface area (Å²) in [5.41, 5.74) is 6.52. The highest BCUT2D eigenvalue weighted by molar-refractivity contribution is 7.80. The van der Waals surface area contributed by atoms with Crippen molar-refractivity contribution in [2.24, 2.45) is 0 Å². The van der Waals surface area contributed by atoms with Crippen LogP contribution in [-0.4, -0.2) is 27.1 Å². The van der Waals surface area contributed by atoms with E-state index in [0.29, 0.717) is 23.4 Å². The second kappa shape index (κ2) is 5.19. The van der Waals surface area contributed by atoms with Crippen molar-refractivity contribution in [3.63, 3.8) is 0 Å². The lowest BCUT2D eigenvalue weighted by Gasteiger charge is -2.18. The number of nitrogens with zero attached hydrogens (tertiary/aromatic N) is 1. The highest BCUT2D eigenvalue weighted by atomic mass is 32.1. The number of hydrogen-bond acceptors (Lipinski definition) is 5. The summed E-state index contributed by atoms with van der Waals surface area (Å²) >= 11 is 3.97. The third kappa shape index (κ3) is 2.60. The van der Waals surface area contributed by atoms with Crippen molar-refractivity contribution in [3.05, 3.63) is 24.0 Å². The third-order valence-corrected chi connectivity index (χ3v) is 2.25. The number of nitrogens with two attached hydrogens (primary N) is 1. The van der Waals surface area contributed by atoms with Gasteiger partial charge < -0.3 is 15.9 Å². The van der Waals surface area contributed by atoms with Gasteiger partial charge >= 0.3 is 0 Å². The molecule has 1 heterocycles. The Bertz CT molecular complexity index is 296. The Morgan fingerprint density at radius 3 is 2.79 bits per heavy atom. The summed E-state index contributed by atoms with van der Waals surface area (Å²) in [5.74, 6) is 0.512. The number of aliphatic hydroxyl groups is 2. The Morgan fingerprint density at radius 2 is 2.21 bits per heavy atom. The van der Waals surface area contributed by atoms with Gasteiger partial charge in [0.15, 0.2) is 0 Å². The molecule has 0 aliphatic rings. The minimum atomic E-state index is -0.990. The molecule has 0 radical (unpaired) electrons. The van der Waals surface area contributed by atoms with Crippen LogP contribution in [0, 0.1) is 0 Å². The molecule has 2 atom stereocenters. The molecule has 4 nitrogen and oxygen atoms in total. The van der Waals surface area contributed by atoms with Crippen molar-refractivity contribution in [1.29, 1.82) is 0 Å². The lowest BCUT2D eigenvalue weighted by atomic mass is 10.0. The van der Waals surface area contributed by atoms with Crippen LogP contribution in [0.15, 0.2) is 18.5 Å². The number of thiol groups is 1. The average molecular weight is 214 g/mol. The van der Waals surface area contributed by atoms with E-state index in [0.717, 1.165) is 0 Å². The summed E-state index contributed by atoms with van der Waals surface area (Å²) < 4.78 is 0. The van der Waals surface area contributed by atoms with Crippen molar-refractivity contribution in [3.8, 4) is 0 Å². The van der Waals surface area contributed by atoms with Gasteiger partial charge in [0.2, 0.25) is 0 Å². The topological polar surface area (TPSA) is 79.4 Å². The van der Waals surface area contributed by atoms with E-state index in [1.165, 1.54) is 12.4 Å². The van der Waals surface area contributed by atoms with Gasteiger partial charge in [0.25, 0.3) is 0 Å². The van der Waals surface area contributed by atoms with Crippen LogP contribution in [0.5, 0.6) is 0 Å². The predicted octanol–water partition coefficient (Wildman–Crippen LogP) is 0.378. The van der Waals surface area contributed by atoms with E-state index >= 15 is 0 Å². The second-order valence-electron chi connectivity index (χ2n) is 3.03. The number of nitrogen functional groups attached to an aromatic ring is 1. The minimum Gasteiger partial charge on any atom is -0.398 e. The summed E-state index contributed by atoms with van der Waals surface area (Å²) in [6.07, 6.45) is 1.58. The van der Waals surface area contributed by atoms with Gasteiger partial charge in [-0.3, -0.25) is 4.98 Å². The molecule has 1 aromatic heterocycles. The Kier molecular flexibility index (Phi) is 4.19. The molecule has 0 aliphatic carbocycles. The first kappa shape index (κ1) is 11.3. The fraction of sp³-hybridized carbons (Fsp3) is 0.444. The molecule has 0 saturated heterocycles. The number of rotatable bonds is 4. The van der Waals surface area contributed by atoms with E-state index < -0.39 is 12.2 Å². The van der Waals surface area contributed by atoms with Gasteiger partial charge in [-0.25, -0.2) is 0 Å². The molecule has 0 saturated carbocycles. The second-order valence-corrected chi connectivity index (χ2v) is 3.48. The lowest BCUT2D eigenvalue weighted by molar-refractivity contribution is 0.0175. The number of pyridine rings is 1. The Labute approximate surface area is 88.2 Å². The van der Waals surface area contributed by atoms with E-state index in [-0.39, 0.29) is 0 Å². The molecule has 0 amide bonds. The maximum absolute atomic E-state index is 9.70. The van der Waals surface area contributed by atoms with E-state index in [9.17, 15) is 10.2 Å². The minimum absolute atomic E-state index is 0.415. The van der Waals surface area contributed by atoms with Crippen LogP contribution in [-0.2, 0) is 0 Å². The molecule has 2 unspecified atom stereocenters. The largest absolute Gasteiger partial charge is 0.398 e. The molecular weight excluding hydrogens is 200 g/mol. The van der Waals surface area contributed by atoms with Crippen molar-refractivity contribution >= 4 is 18.3 Å². The van der Waals surface area contributed by atoms with Gasteiger partial charge in [-0.15, -0.1) is 0 Å². The predicted molar refractivity (Wildman–Crippen MR) is 58.1 cm³/mol. The fourth-order valence-electron chi connectivity index (χ4n) is 1.16. The number of hydrogen-bond donors (Lipinski definition) is 4. The van der Waals surface area contributed by atoms with Crippen molar-refractivity contribution in [1.82, 2.24) is 4.98 Å². The Morgan fingerprint density at radius 1 is 1.50 bits per heavy atom. The van der Waals surface area contributed by atoms with Crippen LogP contribution >= 0.6 is 12.6 Å². The molecule has 5 heteroatoms. The lowest BCUT2D eigenvalue weighted by Crippen LogP contribution is -2.19. The summed E-state index contributed by atoms with van der Waals surface area (Å²) in [6.45, 7) is 0. The van der Waals surface area contributed by atoms with Crippen LogP contribution in [0.1, 0.15) is 18.1 Å². The molecule has 78 valence electrons. The first-order chi connectivity index (χ1) is 6.66. The molecule has 0 aromatic carbocycles. The maximum Gasteiger partial charge on any atom is 0.108 e. The van der Waals surface area contributed by atoms with Gasteiger partial charge in [-0.1, -0.05) is 0 Å². The highest BCUT2D eigenvalue weighted by Crippen LogP contribution is 2.23. The molecule has 0 aliphatic heterocycles. The molecule has 1 aromatic rings. The van der Waals surface area contributed by atoms with Crippen molar-refractivity contribution < 1.29 is 10.2 Å². The maximum atomic E-state index is 9.70. The number of aromatic nitrogens is 1. The van der Waals surface area contributed by atoms with Crippen LogP contribution in [0.4, 0.5) is 5.69 Å². The quantitative estimate of drug-likeness (QED) is 0.546. The van der Waals surface area contributed by atoms with Crippen LogP contribution in [0.25, 0.3) is 0 Å². The normalized spacial score (nSPS) is 15.1. The Hall–Kier alpha value is -0.780. The van der Waals surface area contributed by atoms with Crippen molar-refractivity contribution in [2.45, 2.75) is 18.6 Å². The van der Waals surface area contributed by atoms with Gasteiger partial charge in [0, 0.05) is 23.6 Å². The zero-order valence-corrected chi connectivity index (χ0v) is 8.56. The molecule has 14 heavy (non-hydrogen) atoms. The van der Waals surface area contributed by atoms with E-state index in [4.69, 9.17) is 5.73 Å². The van der Waals surface area contributed by atoms with Crippen LogP contribution in [0.2, 0.25) is 0 Å². The van der Waals surface area contributed by atoms with E-state index in [1.54, 1.807) is 6.07 Å². The third-order valence-electron chi connectivity index (χ3n) is 2.00. The monoisotopic (exact) mass is 214 g/mol. The molecule has 0 bridgehead atoms. The SMILES string of the molecule is Nc1ccncc1C(O)C(O)CCS. The van der Waals surface area contributed by atoms with E-state index in [2.05, 4.69) is 17.6 Å². The molecule has 1 rings (SSSR count). The zero-order chi connectivity index (χ0) is 10.6. The molecule has 0 fully saturated rings. The number of aliphatic hydroxyl groups excluding tert-OH is 2. The summed E-state index contributed by atoms with van der Waals surface area (Å²) in [5, 5.41) is 19.2. The molecule has 4 N–H and O–H groups in total. The number of anilines is 1. The fourth-order valence-corrected chi connectivity index (χ4v) is 1.43. The van der Waals surface area contributed by atoms with Gasteiger partial charge in [0.1, 0.15) is 6.10 Å². The first-order valence-electron chi connectivity index (χ1n) is 4.33. The van der Waals surface area contributed by atoms with Gasteiger partial charge in [0.05, 0.1) is 6.10 Å². The summed E-state index contributed by atoms with van der Waals surface area (Å²) in [7, 11) is 0. The zero-order valence-electron chi connectivity index (χ0n) is 7.67. The highest BCUT2D eigenvalue weighted by Gasteiger charge is 2.19. The van der Waals surface area contributed by atoms with Gasteiger partial charge in [-0.2, -0.15) is 12.6 Å². The molecule has 0 spiro atoms. The van der Waals surface area contributed by atoms with E-state index in [1.807, 2.05) is 0 Å². The van der Waals surface area contributed by atoms with Crippen molar-refractivity contribution in [2.75, 3.05) is 11.5 Å². The smallest absolute Gasteiger partial charge is 0.108 e. The van der Waals surface area contributed by atoms with Crippen LogP contribution < -0.4 is 5.73 Å². The van der Waals surface area contributed by atoms with Crippen LogP contribution in [0.3, 0.4) is 0 Å². The summed E-state index contributed by atoms with van der Waals surface area (Å²) in [6, 6.07) is 1.59. The standard InChI is InChI=1S/C9H14N2O2S/c10-7-1-3-11-5-6(7)9(13)8(12)2-4-14/h1,3,5,8-9,12-14H,2,4H2,(H2,10,11). The summed E-state index contributed by atoms with van der Waals surface area (Å²) in [4.78, 5) is 3.84. The first-order valence-corrected chi connectivity index (χ1v) is 4.96. The molecular formula is C9H14N2O2S. The van der Waals surface area contributed by atoms with Gasteiger partial charge in [-0.05, 0) is 18.2 Å². The Balaban J connectivity index is 2.78.